The van der Waals surface area contributed by atoms with Crippen LogP contribution in [0, 0.1) is 11.8 Å². The van der Waals surface area contributed by atoms with Gasteiger partial charge < -0.3 is 16.4 Å². The third-order valence-corrected chi connectivity index (χ3v) is 4.89. The van der Waals surface area contributed by atoms with Crippen LogP contribution >= 0.6 is 0 Å². The second kappa shape index (κ2) is 12.2. The number of carbonyl (C=O) groups is 2. The van der Waals surface area contributed by atoms with Crippen LogP contribution in [0.15, 0.2) is 78.9 Å². The Kier molecular flexibility index (Phi) is 8.74. The highest BCUT2D eigenvalue weighted by atomic mass is 16.5. The summed E-state index contributed by atoms with van der Waals surface area (Å²) >= 11 is 0. The minimum atomic E-state index is -1.34. The van der Waals surface area contributed by atoms with Crippen molar-refractivity contribution in [2.75, 3.05) is 6.54 Å². The number of carbonyl (C=O) groups excluding carboxylic acids is 2. The number of hydroxylamine groups is 1. The van der Waals surface area contributed by atoms with E-state index in [0.29, 0.717) is 5.56 Å². The monoisotopic (exact) mass is 442 g/mol. The van der Waals surface area contributed by atoms with E-state index in [2.05, 4.69) is 58.9 Å². The zero-order chi connectivity index (χ0) is 23.5. The maximum Gasteiger partial charge on any atom is 0.280 e. The van der Waals surface area contributed by atoms with Gasteiger partial charge in [0.05, 0.1) is 0 Å². The van der Waals surface area contributed by atoms with Gasteiger partial charge in [0.15, 0.2) is 6.17 Å². The molecule has 1 atom stereocenters. The molecule has 33 heavy (non-hydrogen) atoms. The first-order chi connectivity index (χ1) is 16.0. The molecule has 0 aliphatic carbocycles. The van der Waals surface area contributed by atoms with Gasteiger partial charge in [-0.05, 0) is 60.5 Å². The fourth-order valence-corrected chi connectivity index (χ4v) is 3.02. The van der Waals surface area contributed by atoms with Crippen LogP contribution in [-0.2, 0) is 17.8 Å². The van der Waals surface area contributed by atoms with E-state index in [4.69, 9.17) is 10.9 Å². The SMILES string of the molecule is NC(NC(=O)c1ccc(C#Cc2ccc(CNCCc3ccccc3)cc2)cc1)C(=O)NO. The zero-order valence-corrected chi connectivity index (χ0v) is 18.0. The molecule has 0 radical (unpaired) electrons. The maximum absolute atomic E-state index is 12.1. The van der Waals surface area contributed by atoms with Gasteiger partial charge in [-0.15, -0.1) is 0 Å². The fraction of sp³-hybridized carbons (Fsp3) is 0.154. The first kappa shape index (κ1) is 23.7. The molecule has 0 bridgehead atoms. The van der Waals surface area contributed by atoms with Crippen molar-refractivity contribution in [1.29, 1.82) is 0 Å². The van der Waals surface area contributed by atoms with Crippen molar-refractivity contribution in [1.82, 2.24) is 16.1 Å². The molecular formula is C26H26N4O3. The molecule has 0 heterocycles. The second-order valence-electron chi connectivity index (χ2n) is 7.36. The first-order valence-electron chi connectivity index (χ1n) is 10.5. The predicted molar refractivity (Wildman–Crippen MR) is 126 cm³/mol. The maximum atomic E-state index is 12.1. The van der Waals surface area contributed by atoms with Crippen LogP contribution in [0.5, 0.6) is 0 Å². The molecule has 0 aromatic heterocycles. The van der Waals surface area contributed by atoms with Crippen LogP contribution in [-0.4, -0.2) is 29.7 Å². The van der Waals surface area contributed by atoms with Crippen LogP contribution in [0.25, 0.3) is 0 Å². The number of hydrogen-bond donors (Lipinski definition) is 5. The Balaban J connectivity index is 1.48. The minimum Gasteiger partial charge on any atom is -0.328 e. The Morgan fingerprint density at radius 1 is 0.848 bits per heavy atom. The average Bonchev–Trinajstić information content (AvgIpc) is 2.86. The molecule has 3 aromatic carbocycles. The quantitative estimate of drug-likeness (QED) is 0.120. The van der Waals surface area contributed by atoms with Crippen molar-refractivity contribution in [2.45, 2.75) is 19.1 Å². The van der Waals surface area contributed by atoms with Gasteiger partial charge in [-0.3, -0.25) is 14.8 Å². The fourth-order valence-electron chi connectivity index (χ4n) is 3.02. The van der Waals surface area contributed by atoms with Crippen LogP contribution in [0.2, 0.25) is 0 Å². The van der Waals surface area contributed by atoms with Gasteiger partial charge in [-0.25, -0.2) is 5.48 Å². The highest BCUT2D eigenvalue weighted by molar-refractivity contribution is 5.97. The summed E-state index contributed by atoms with van der Waals surface area (Å²) in [4.78, 5) is 23.2. The summed E-state index contributed by atoms with van der Waals surface area (Å²) in [7, 11) is 0. The normalized spacial score (nSPS) is 11.1. The summed E-state index contributed by atoms with van der Waals surface area (Å²) in [6.07, 6.45) is -0.348. The Morgan fingerprint density at radius 3 is 2.06 bits per heavy atom. The number of benzene rings is 3. The van der Waals surface area contributed by atoms with Crippen LogP contribution in [0.3, 0.4) is 0 Å². The number of nitrogens with one attached hydrogen (secondary N) is 3. The van der Waals surface area contributed by atoms with Gasteiger partial charge >= 0.3 is 0 Å². The lowest BCUT2D eigenvalue weighted by Crippen LogP contribution is -2.51. The van der Waals surface area contributed by atoms with E-state index < -0.39 is 18.0 Å². The van der Waals surface area contributed by atoms with E-state index in [9.17, 15) is 9.59 Å². The van der Waals surface area contributed by atoms with E-state index >= 15 is 0 Å². The van der Waals surface area contributed by atoms with Crippen LogP contribution in [0.4, 0.5) is 0 Å². The highest BCUT2D eigenvalue weighted by Crippen LogP contribution is 2.06. The summed E-state index contributed by atoms with van der Waals surface area (Å²) in [5.41, 5.74) is 11.3. The Bertz CT molecular complexity index is 1120. The molecule has 2 amide bonds. The molecule has 1 unspecified atom stereocenters. The molecule has 7 nitrogen and oxygen atoms in total. The van der Waals surface area contributed by atoms with E-state index in [-0.39, 0.29) is 0 Å². The summed E-state index contributed by atoms with van der Waals surface area (Å²) in [6.45, 7) is 1.72. The third-order valence-electron chi connectivity index (χ3n) is 4.89. The highest BCUT2D eigenvalue weighted by Gasteiger charge is 2.16. The predicted octanol–water partition coefficient (Wildman–Crippen LogP) is 1.94. The molecular weight excluding hydrogens is 416 g/mol. The summed E-state index contributed by atoms with van der Waals surface area (Å²) < 4.78 is 0. The lowest BCUT2D eigenvalue weighted by Gasteiger charge is -2.11. The molecule has 0 aliphatic rings. The van der Waals surface area contributed by atoms with Crippen molar-refractivity contribution in [3.63, 3.8) is 0 Å². The van der Waals surface area contributed by atoms with Crippen molar-refractivity contribution in [3.05, 3.63) is 107 Å². The smallest absolute Gasteiger partial charge is 0.280 e. The lowest BCUT2D eigenvalue weighted by atomic mass is 10.1. The molecule has 7 heteroatoms. The number of nitrogens with two attached hydrogens (primary N) is 1. The molecule has 0 saturated heterocycles. The molecule has 0 saturated carbocycles. The van der Waals surface area contributed by atoms with Crippen LogP contribution < -0.4 is 21.8 Å². The molecule has 168 valence electrons. The van der Waals surface area contributed by atoms with E-state index in [0.717, 1.165) is 30.6 Å². The lowest BCUT2D eigenvalue weighted by molar-refractivity contribution is -0.131. The standard InChI is InChI=1S/C26H26N4O3/c27-24(26(32)30-33)29-25(31)23-14-12-21(13-15-23)7-6-20-8-10-22(11-9-20)18-28-17-16-19-4-2-1-3-5-19/h1-5,8-15,24,28,33H,16-18,27H2,(H,29,31)(H,30,32). The molecule has 3 aromatic rings. The summed E-state index contributed by atoms with van der Waals surface area (Å²) in [6, 6.07) is 25.1. The zero-order valence-electron chi connectivity index (χ0n) is 18.0. The minimum absolute atomic E-state index is 0.325. The molecule has 0 fully saturated rings. The Labute approximate surface area is 193 Å². The van der Waals surface area contributed by atoms with E-state index in [1.54, 1.807) is 24.3 Å². The number of amides is 2. The second-order valence-corrected chi connectivity index (χ2v) is 7.36. The summed E-state index contributed by atoms with van der Waals surface area (Å²) in [5, 5.41) is 14.3. The van der Waals surface area contributed by atoms with E-state index in [1.807, 2.05) is 18.2 Å². The third kappa shape index (κ3) is 7.59. The van der Waals surface area contributed by atoms with Gasteiger partial charge in [0.1, 0.15) is 0 Å². The Hall–Kier alpha value is -3.96. The largest absolute Gasteiger partial charge is 0.328 e. The first-order valence-corrected chi connectivity index (χ1v) is 10.5. The molecule has 3 rings (SSSR count). The number of hydrogen-bond acceptors (Lipinski definition) is 5. The topological polar surface area (TPSA) is 116 Å². The Morgan fingerprint density at radius 2 is 1.45 bits per heavy atom. The van der Waals surface area contributed by atoms with Gasteiger partial charge in [-0.2, -0.15) is 0 Å². The van der Waals surface area contributed by atoms with Crippen molar-refractivity contribution in [3.8, 4) is 11.8 Å². The molecule has 0 aliphatic heterocycles. The van der Waals surface area contributed by atoms with Gasteiger partial charge in [0, 0.05) is 23.2 Å². The van der Waals surface area contributed by atoms with Crippen molar-refractivity contribution < 1.29 is 14.8 Å². The van der Waals surface area contributed by atoms with Gasteiger partial charge in [0.2, 0.25) is 0 Å². The summed E-state index contributed by atoms with van der Waals surface area (Å²) in [5.74, 6) is 4.74. The van der Waals surface area contributed by atoms with Crippen molar-refractivity contribution >= 4 is 11.8 Å². The van der Waals surface area contributed by atoms with Crippen LogP contribution in [0.1, 0.15) is 32.6 Å². The number of rotatable bonds is 8. The average molecular weight is 443 g/mol. The molecule has 0 spiro atoms. The molecule has 6 N–H and O–H groups in total. The van der Waals surface area contributed by atoms with Crippen molar-refractivity contribution in [2.24, 2.45) is 5.73 Å². The van der Waals surface area contributed by atoms with Gasteiger partial charge in [0.25, 0.3) is 11.8 Å². The van der Waals surface area contributed by atoms with Gasteiger partial charge in [-0.1, -0.05) is 54.3 Å². The van der Waals surface area contributed by atoms with E-state index in [1.165, 1.54) is 16.6 Å².